The van der Waals surface area contributed by atoms with Crippen molar-refractivity contribution in [3.05, 3.63) is 82.0 Å². The average Bonchev–Trinajstić information content (AvgIpc) is 3.53. The third-order valence-corrected chi connectivity index (χ3v) is 16.4. The number of ether oxygens (including phenoxy) is 3. The summed E-state index contributed by atoms with van der Waals surface area (Å²) in [4.78, 5) is 48.7. The summed E-state index contributed by atoms with van der Waals surface area (Å²) in [6.07, 6.45) is 9.73. The van der Waals surface area contributed by atoms with E-state index in [-0.39, 0.29) is 52.8 Å². The fourth-order valence-corrected chi connectivity index (χ4v) is 12.7. The highest BCUT2D eigenvalue weighted by molar-refractivity contribution is 7.92. The van der Waals surface area contributed by atoms with E-state index in [4.69, 9.17) is 25.8 Å². The van der Waals surface area contributed by atoms with Gasteiger partial charge in [0.2, 0.25) is 11.8 Å². The van der Waals surface area contributed by atoms with Gasteiger partial charge >= 0.3 is 0 Å². The minimum atomic E-state index is -3.75. The second-order valence-corrected chi connectivity index (χ2v) is 21.0. The molecule has 0 unspecified atom stereocenters. The number of hydrogen-bond acceptors (Lipinski definition) is 11. The summed E-state index contributed by atoms with van der Waals surface area (Å²) in [5, 5.41) is 17.7. The van der Waals surface area contributed by atoms with Gasteiger partial charge in [0.15, 0.2) is 0 Å². The van der Waals surface area contributed by atoms with Crippen LogP contribution in [0.25, 0.3) is 0 Å². The van der Waals surface area contributed by atoms with E-state index in [2.05, 4.69) is 36.1 Å². The predicted molar refractivity (Wildman–Crippen MR) is 239 cm³/mol. The second kappa shape index (κ2) is 17.5. The van der Waals surface area contributed by atoms with E-state index in [0.717, 1.165) is 58.4 Å². The topological polar surface area (TPSA) is 168 Å². The van der Waals surface area contributed by atoms with E-state index in [1.165, 1.54) is 29.1 Å². The van der Waals surface area contributed by atoms with Crippen molar-refractivity contribution in [1.82, 2.24) is 24.3 Å². The van der Waals surface area contributed by atoms with Crippen LogP contribution in [0.3, 0.4) is 0 Å². The average molecular weight is 905 g/mol. The van der Waals surface area contributed by atoms with Gasteiger partial charge in [-0.15, -0.1) is 9.46 Å². The first-order chi connectivity index (χ1) is 30.2. The highest BCUT2D eigenvalue weighted by atomic mass is 35.5. The number of aliphatic hydroxyl groups is 1. The summed E-state index contributed by atoms with van der Waals surface area (Å²) in [5.74, 6) is -1.65. The van der Waals surface area contributed by atoms with Crippen molar-refractivity contribution in [3.8, 4) is 11.6 Å². The molecule has 5 heterocycles. The van der Waals surface area contributed by atoms with E-state index in [1.54, 1.807) is 31.3 Å². The zero-order chi connectivity index (χ0) is 44.1. The Morgan fingerprint density at radius 2 is 1.92 bits per heavy atom. The van der Waals surface area contributed by atoms with E-state index in [9.17, 15) is 23.7 Å². The number of anilines is 1. The fraction of sp³-hybridized carbons (Fsp3) is 0.565. The van der Waals surface area contributed by atoms with Gasteiger partial charge in [-0.05, 0) is 97.7 Å². The normalized spacial score (nSPS) is 30.7. The Morgan fingerprint density at radius 1 is 1.11 bits per heavy atom. The first kappa shape index (κ1) is 43.8. The first-order valence-corrected chi connectivity index (χ1v) is 24.3. The molecule has 338 valence electrons. The quantitative estimate of drug-likeness (QED) is 0.327. The maximum absolute atomic E-state index is 14.9. The molecule has 63 heavy (non-hydrogen) atoms. The van der Waals surface area contributed by atoms with Crippen molar-refractivity contribution in [3.63, 3.8) is 0 Å². The Bertz CT molecular complexity index is 2420. The molecular weight excluding hydrogens is 846 g/mol. The Morgan fingerprint density at radius 3 is 2.65 bits per heavy atom. The zero-order valence-electron chi connectivity index (χ0n) is 36.3. The van der Waals surface area contributed by atoms with Gasteiger partial charge in [0.25, 0.3) is 11.8 Å². The Labute approximate surface area is 374 Å². The molecule has 3 fully saturated rings. The summed E-state index contributed by atoms with van der Waals surface area (Å²) in [6, 6.07) is 11.7. The number of amides is 3. The summed E-state index contributed by atoms with van der Waals surface area (Å²) in [5.41, 5.74) is 1.48. The molecule has 9 rings (SSSR count). The number of rotatable bonds is 6. The molecule has 2 N–H and O–H groups in total. The first-order valence-electron chi connectivity index (χ1n) is 22.2. The lowest BCUT2D eigenvalue weighted by Gasteiger charge is -2.49. The molecule has 3 amide bonds. The monoisotopic (exact) mass is 903 g/mol. The Hall–Kier alpha value is -4.48. The molecule has 1 saturated carbocycles. The largest absolute Gasteiger partial charge is 0.490 e. The molecule has 2 aliphatic carbocycles. The van der Waals surface area contributed by atoms with Gasteiger partial charge in [-0.25, -0.2) is 4.21 Å². The molecule has 1 spiro atoms. The number of hydrogen-bond donors (Lipinski definition) is 2. The van der Waals surface area contributed by atoms with Crippen molar-refractivity contribution in [2.24, 2.45) is 29.2 Å². The maximum Gasteiger partial charge on any atom is 0.286 e. The lowest BCUT2D eigenvalue weighted by atomic mass is 9.63. The van der Waals surface area contributed by atoms with E-state index < -0.39 is 32.7 Å². The predicted octanol–water partition coefficient (Wildman–Crippen LogP) is 4.79. The van der Waals surface area contributed by atoms with Crippen LogP contribution < -0.4 is 19.1 Å². The van der Waals surface area contributed by atoms with Crippen LogP contribution in [0.2, 0.25) is 5.02 Å². The van der Waals surface area contributed by atoms with Crippen molar-refractivity contribution >= 4 is 44.9 Å². The van der Waals surface area contributed by atoms with Gasteiger partial charge in [-0.3, -0.25) is 28.7 Å². The van der Waals surface area contributed by atoms with Crippen LogP contribution in [0.5, 0.6) is 11.6 Å². The van der Waals surface area contributed by atoms with Crippen molar-refractivity contribution in [2.45, 2.75) is 68.9 Å². The van der Waals surface area contributed by atoms with Crippen molar-refractivity contribution in [1.29, 1.82) is 0 Å². The minimum Gasteiger partial charge on any atom is -0.490 e. The number of fused-ring (bicyclic) bond motifs is 4. The highest BCUT2D eigenvalue weighted by Gasteiger charge is 2.49. The molecule has 6 aliphatic rings. The van der Waals surface area contributed by atoms with Crippen molar-refractivity contribution < 1.29 is 37.9 Å². The van der Waals surface area contributed by atoms with Gasteiger partial charge in [0.05, 0.1) is 56.4 Å². The number of carbonyl (C=O) groups excluding carboxylic acids is 3. The molecule has 2 aromatic carbocycles. The smallest absolute Gasteiger partial charge is 0.286 e. The summed E-state index contributed by atoms with van der Waals surface area (Å²) < 4.78 is 40.6. The number of nitrogens with one attached hydrogen (secondary N) is 1. The molecule has 15 nitrogen and oxygen atoms in total. The summed E-state index contributed by atoms with van der Waals surface area (Å²) in [7, 11) is -0.729. The van der Waals surface area contributed by atoms with Crippen LogP contribution in [0.4, 0.5) is 5.69 Å². The molecule has 3 aromatic rings. The number of carbonyl (C=O) groups is 3. The maximum atomic E-state index is 14.9. The summed E-state index contributed by atoms with van der Waals surface area (Å²) in [6.45, 7) is 7.56. The lowest BCUT2D eigenvalue weighted by Crippen LogP contribution is -2.58. The third-order valence-electron chi connectivity index (χ3n) is 14.2. The minimum absolute atomic E-state index is 0.0204. The standard InChI is InChI=1S/C46H58ClN7O8S/c1-30-6-4-15-46(58,22-41(55)53-18-16-52(17-19-53)35-25-61-26-35)38-11-8-33(38)23-54-28-45(14-5-7-31-20-34(47)10-12-37(31)45)29-62-40-13-9-32(21-39(40)54)42(56)49-63(59,27-30)50-43(57)36-24-51(2)48-44(36)60-3/h4,9-10,12-13,15,20-21,24,30,33,35,38,58H,5-8,11,14,16-19,22-23,25-29H2,1-3H3,(H,49,50,56,57,59)/b15-4+/t30-,33-,38+,45-,46-,63-/m0/s1. The van der Waals surface area contributed by atoms with Crippen LogP contribution >= 0.6 is 11.6 Å². The van der Waals surface area contributed by atoms with Crippen LogP contribution in [0.1, 0.15) is 77.3 Å². The second-order valence-electron chi connectivity index (χ2n) is 18.6. The Kier molecular flexibility index (Phi) is 12.1. The molecular formula is C46H58ClN7O8S. The number of benzene rings is 2. The van der Waals surface area contributed by atoms with Gasteiger partial charge in [-0.1, -0.05) is 36.7 Å². The number of piperazine rings is 1. The van der Waals surface area contributed by atoms with Gasteiger partial charge in [0, 0.05) is 68.5 Å². The lowest BCUT2D eigenvalue weighted by molar-refractivity contribution is -0.143. The molecule has 2 saturated heterocycles. The zero-order valence-corrected chi connectivity index (χ0v) is 37.9. The SMILES string of the molecule is COc1nn(C)cc1C(=O)N[S@@]1(=O)=NC(=O)c2ccc3c(c2)N(C[C@@H]2CC[C@H]2[C@@](O)(CC(=O)N2CCN(C4COC4)CC2)/C=C/C[C@H](C)C1)C[C@@]1(CCCc2cc(Cl)ccc21)CO3. The Balaban J connectivity index is 1.09. The molecule has 4 aliphatic heterocycles. The van der Waals surface area contributed by atoms with Crippen LogP contribution in [0, 0.1) is 17.8 Å². The van der Waals surface area contributed by atoms with Crippen molar-refractivity contribution in [2.75, 3.05) is 76.9 Å². The van der Waals surface area contributed by atoms with E-state index >= 15 is 0 Å². The number of allylic oxidation sites excluding steroid dienone is 1. The van der Waals surface area contributed by atoms with Gasteiger partial charge in [0.1, 0.15) is 21.2 Å². The number of halogens is 1. The molecule has 0 radical (unpaired) electrons. The highest BCUT2D eigenvalue weighted by Crippen LogP contribution is 2.49. The van der Waals surface area contributed by atoms with Crippen LogP contribution in [0.15, 0.2) is 59.1 Å². The van der Waals surface area contributed by atoms with E-state index in [1.807, 2.05) is 24.0 Å². The number of aromatic nitrogens is 2. The van der Waals surface area contributed by atoms with Gasteiger partial charge in [-0.2, -0.15) is 0 Å². The fourth-order valence-electron chi connectivity index (χ4n) is 10.6. The molecule has 1 aromatic heterocycles. The number of nitrogens with zero attached hydrogens (tertiary/aromatic N) is 6. The van der Waals surface area contributed by atoms with E-state index in [0.29, 0.717) is 61.7 Å². The third kappa shape index (κ3) is 8.85. The van der Waals surface area contributed by atoms with Gasteiger partial charge < -0.3 is 29.1 Å². The summed E-state index contributed by atoms with van der Waals surface area (Å²) >= 11 is 6.52. The number of methoxy groups -OCH3 is 1. The molecule has 17 heteroatoms. The number of aryl methyl sites for hydroxylation is 2. The van der Waals surface area contributed by atoms with Crippen LogP contribution in [-0.2, 0) is 38.3 Å². The molecule has 2 bridgehead atoms. The van der Waals surface area contributed by atoms with Crippen LogP contribution in [-0.4, -0.2) is 130 Å². The molecule has 6 atom stereocenters.